The van der Waals surface area contributed by atoms with E-state index in [2.05, 4.69) is 8.92 Å². The van der Waals surface area contributed by atoms with Crippen LogP contribution in [0.5, 0.6) is 5.75 Å². The summed E-state index contributed by atoms with van der Waals surface area (Å²) < 4.78 is 30.3. The van der Waals surface area contributed by atoms with Crippen LogP contribution in [-0.4, -0.2) is 20.7 Å². The van der Waals surface area contributed by atoms with Crippen molar-refractivity contribution < 1.29 is 56.8 Å². The van der Waals surface area contributed by atoms with Crippen LogP contribution in [0.25, 0.3) is 10.8 Å². The zero-order valence-electron chi connectivity index (χ0n) is 10.2. The Morgan fingerprint density at radius 2 is 1.75 bits per heavy atom. The molecule has 0 aliphatic carbocycles. The second-order valence-corrected chi connectivity index (χ2v) is 4.39. The van der Waals surface area contributed by atoms with E-state index in [0.717, 1.165) is 0 Å². The van der Waals surface area contributed by atoms with Crippen LogP contribution in [-0.2, 0) is 16.1 Å². The molecule has 20 heavy (non-hydrogen) atoms. The van der Waals surface area contributed by atoms with Gasteiger partial charge in [0.2, 0.25) is 0 Å². The molecule has 2 aromatic carbocycles. The smallest absolute Gasteiger partial charge is 0.740 e. The van der Waals surface area contributed by atoms with Gasteiger partial charge in [0, 0.05) is 0 Å². The number of benzene rings is 2. The molecule has 0 saturated carbocycles. The number of hydrogen-bond acceptors (Lipinski definition) is 6. The van der Waals surface area contributed by atoms with Gasteiger partial charge in [-0.05, 0) is 16.8 Å². The van der Waals surface area contributed by atoms with Crippen molar-refractivity contribution in [1.29, 1.82) is 0 Å². The van der Waals surface area contributed by atoms with Gasteiger partial charge in [0.1, 0.15) is 16.9 Å². The maximum Gasteiger partial charge on any atom is 1.00 e. The first-order valence-corrected chi connectivity index (χ1v) is 6.18. The Morgan fingerprint density at radius 3 is 2.45 bits per heavy atom. The number of cyclic esters (lactones) is 2. The Morgan fingerprint density at radius 1 is 1.10 bits per heavy atom. The summed E-state index contributed by atoms with van der Waals surface area (Å²) in [6.45, 7) is 0. The van der Waals surface area contributed by atoms with Crippen molar-refractivity contribution in [2.45, 2.75) is 0 Å². The molecule has 0 bridgehead atoms. The third-order valence-electron chi connectivity index (χ3n) is 2.76. The first-order chi connectivity index (χ1) is 9.08. The Balaban J connectivity index is 0.00000147. The molecule has 3 rings (SSSR count). The average Bonchev–Trinajstić information content (AvgIpc) is 2.65. The van der Waals surface area contributed by atoms with Crippen LogP contribution in [0.1, 0.15) is 20.7 Å². The fraction of sp³-hybridized carbons (Fsp3) is 0. The summed E-state index contributed by atoms with van der Waals surface area (Å²) >= 11 is -2.85. The third-order valence-corrected chi connectivity index (χ3v) is 3.08. The zero-order valence-corrected chi connectivity index (χ0v) is 13.1. The van der Waals surface area contributed by atoms with Crippen molar-refractivity contribution in [3.8, 4) is 5.75 Å². The Hall–Kier alpha value is -1.25. The number of carbonyl (C=O) groups is 2. The molecule has 0 aromatic heterocycles. The predicted octanol–water partition coefficient (Wildman–Crippen LogP) is -1.67. The van der Waals surface area contributed by atoms with Crippen LogP contribution in [0.3, 0.4) is 0 Å². The molecule has 0 amide bonds. The maximum atomic E-state index is 11.7. The summed E-state index contributed by atoms with van der Waals surface area (Å²) in [6.07, 6.45) is 0. The molecule has 0 saturated heterocycles. The Labute approximate surface area is 137 Å². The zero-order chi connectivity index (χ0) is 13.6. The summed E-state index contributed by atoms with van der Waals surface area (Å²) in [6, 6.07) is 8.11. The van der Waals surface area contributed by atoms with Crippen LogP contribution in [0, 0.1) is 0 Å². The molecule has 0 spiro atoms. The van der Waals surface area contributed by atoms with Gasteiger partial charge in [0.15, 0.2) is 5.75 Å². The third kappa shape index (κ3) is 2.38. The quantitative estimate of drug-likeness (QED) is 0.285. The normalized spacial score (nSPS) is 14.4. The molecule has 1 aliphatic heterocycles. The van der Waals surface area contributed by atoms with Gasteiger partial charge in [-0.25, -0.2) is 13.8 Å². The van der Waals surface area contributed by atoms with E-state index in [0.29, 0.717) is 10.8 Å². The van der Waals surface area contributed by atoms with Crippen LogP contribution in [0.2, 0.25) is 0 Å². The van der Waals surface area contributed by atoms with Crippen molar-refractivity contribution >= 4 is 34.1 Å². The van der Waals surface area contributed by atoms with E-state index in [1.165, 1.54) is 6.07 Å². The minimum Gasteiger partial charge on any atom is -0.740 e. The Bertz CT molecular complexity index is 757. The molecular formula is C12H5NaO6S. The number of esters is 2. The summed E-state index contributed by atoms with van der Waals surface area (Å²) in [5.41, 5.74) is -0.128. The molecule has 1 atom stereocenters. The molecule has 96 valence electrons. The molecule has 1 unspecified atom stereocenters. The molecule has 6 nitrogen and oxygen atoms in total. The molecule has 0 radical (unpaired) electrons. The first-order valence-electron chi connectivity index (χ1n) is 5.18. The van der Waals surface area contributed by atoms with Gasteiger partial charge in [-0.15, -0.1) is 0 Å². The van der Waals surface area contributed by atoms with E-state index in [4.69, 9.17) is 0 Å². The van der Waals surface area contributed by atoms with Gasteiger partial charge in [-0.3, -0.25) is 0 Å². The molecular weight excluding hydrogens is 295 g/mol. The van der Waals surface area contributed by atoms with E-state index >= 15 is 0 Å². The number of fused-ring (bicyclic) bond motifs is 3. The molecule has 1 heterocycles. The van der Waals surface area contributed by atoms with Crippen LogP contribution in [0.4, 0.5) is 0 Å². The summed E-state index contributed by atoms with van der Waals surface area (Å²) in [5, 5.41) is 1.09. The van der Waals surface area contributed by atoms with E-state index in [1.54, 1.807) is 24.3 Å². The Kier molecular flexibility index (Phi) is 4.26. The van der Waals surface area contributed by atoms with E-state index in [1.807, 2.05) is 0 Å². The summed E-state index contributed by atoms with van der Waals surface area (Å²) in [5.74, 6) is -1.93. The minimum absolute atomic E-state index is 0. The molecule has 0 fully saturated rings. The fourth-order valence-electron chi connectivity index (χ4n) is 2.06. The SMILES string of the molecule is O=C1OC(=O)c2c1c(OS(=O)[O-])cc1ccccc21.[Na+]. The number of ether oxygens (including phenoxy) is 1. The second-order valence-electron chi connectivity index (χ2n) is 3.81. The molecule has 2 aromatic rings. The van der Waals surface area contributed by atoms with Crippen molar-refractivity contribution in [2.75, 3.05) is 0 Å². The standard InChI is InChI=1S/C12H6O6S.Na/c13-11-9-7-4-2-1-3-6(7)5-8(18-19(15)16)10(9)12(14)17-11;/h1-5H,(H,15,16);/q;+1/p-1. The number of carbonyl (C=O) groups excluding carboxylic acids is 2. The predicted molar refractivity (Wildman–Crippen MR) is 63.2 cm³/mol. The van der Waals surface area contributed by atoms with Crippen molar-refractivity contribution in [3.63, 3.8) is 0 Å². The molecule has 1 aliphatic rings. The van der Waals surface area contributed by atoms with Crippen LogP contribution < -0.4 is 33.7 Å². The van der Waals surface area contributed by atoms with Gasteiger partial charge in [0.25, 0.3) is 0 Å². The van der Waals surface area contributed by atoms with E-state index < -0.39 is 23.3 Å². The second kappa shape index (κ2) is 5.63. The van der Waals surface area contributed by atoms with Crippen molar-refractivity contribution in [2.24, 2.45) is 0 Å². The minimum atomic E-state index is -2.85. The molecule has 8 heteroatoms. The van der Waals surface area contributed by atoms with E-state index in [9.17, 15) is 18.4 Å². The van der Waals surface area contributed by atoms with Gasteiger partial charge in [-0.1, -0.05) is 24.3 Å². The first kappa shape index (κ1) is 15.1. The van der Waals surface area contributed by atoms with Gasteiger partial charge < -0.3 is 13.5 Å². The monoisotopic (exact) mass is 300 g/mol. The summed E-state index contributed by atoms with van der Waals surface area (Å²) in [7, 11) is 0. The van der Waals surface area contributed by atoms with Crippen LogP contribution in [0.15, 0.2) is 30.3 Å². The average molecular weight is 300 g/mol. The topological polar surface area (TPSA) is 92.7 Å². The van der Waals surface area contributed by atoms with Gasteiger partial charge in [-0.2, -0.15) is 0 Å². The maximum absolute atomic E-state index is 11.7. The fourth-order valence-corrected chi connectivity index (χ4v) is 2.34. The van der Waals surface area contributed by atoms with Crippen molar-refractivity contribution in [1.82, 2.24) is 0 Å². The van der Waals surface area contributed by atoms with Gasteiger partial charge >= 0.3 is 41.5 Å². The number of rotatable bonds is 2. The van der Waals surface area contributed by atoms with Gasteiger partial charge in [0.05, 0.1) is 5.56 Å². The molecule has 0 N–H and O–H groups in total. The van der Waals surface area contributed by atoms with Crippen molar-refractivity contribution in [3.05, 3.63) is 41.5 Å². The number of hydrogen-bond donors (Lipinski definition) is 0. The van der Waals surface area contributed by atoms with Crippen LogP contribution >= 0.6 is 0 Å². The largest absolute Gasteiger partial charge is 1.00 e. The van der Waals surface area contributed by atoms with E-state index in [-0.39, 0.29) is 46.4 Å². The summed E-state index contributed by atoms with van der Waals surface area (Å²) in [4.78, 5) is 23.3.